The van der Waals surface area contributed by atoms with Crippen LogP contribution < -0.4 is 15.6 Å². The summed E-state index contributed by atoms with van der Waals surface area (Å²) in [4.78, 5) is 21.5. The van der Waals surface area contributed by atoms with Crippen molar-refractivity contribution in [2.45, 2.75) is 73.4 Å². The first-order valence-corrected chi connectivity index (χ1v) is 15.4. The molecule has 0 bridgehead atoms. The second kappa shape index (κ2) is 13.8. The van der Waals surface area contributed by atoms with E-state index in [1.54, 1.807) is 23.7 Å². The standard InChI is InChI=1S/C30H36N6OS.C2H6/c1-5-16-35(17-13-20(3)6-2)26-18-23-28(37)27(21(4)32-19-22-11-14-31-15-12-22)30-36(29(23)34-33-26)24-9-7-8-10-25(24)38-30;1-2/h7-12,14-15,18,20-21,32H,5-6,13,16-17,19H2,1-4H3;1-2H3. The van der Waals surface area contributed by atoms with E-state index in [4.69, 9.17) is 0 Å². The highest BCUT2D eigenvalue weighted by Gasteiger charge is 2.23. The molecule has 4 heterocycles. The highest BCUT2D eigenvalue weighted by Crippen LogP contribution is 2.33. The van der Waals surface area contributed by atoms with Crippen LogP contribution >= 0.6 is 11.3 Å². The van der Waals surface area contributed by atoms with Crippen molar-refractivity contribution in [2.75, 3.05) is 18.0 Å². The first kappa shape index (κ1) is 29.6. The van der Waals surface area contributed by atoms with E-state index in [1.165, 1.54) is 0 Å². The van der Waals surface area contributed by atoms with Crippen molar-refractivity contribution in [3.05, 3.63) is 76.2 Å². The summed E-state index contributed by atoms with van der Waals surface area (Å²) in [5.74, 6) is 1.42. The van der Waals surface area contributed by atoms with Crippen molar-refractivity contribution in [2.24, 2.45) is 5.92 Å². The number of thiazole rings is 1. The lowest BCUT2D eigenvalue weighted by Crippen LogP contribution is -2.29. The number of hydrogen-bond acceptors (Lipinski definition) is 7. The zero-order valence-corrected chi connectivity index (χ0v) is 25.5. The zero-order chi connectivity index (χ0) is 28.6. The maximum absolute atomic E-state index is 14.2. The molecular weight excluding hydrogens is 516 g/mol. The molecule has 4 aromatic heterocycles. The average Bonchev–Trinajstić information content (AvgIpc) is 3.38. The molecule has 1 N–H and O–H groups in total. The molecule has 5 aromatic rings. The van der Waals surface area contributed by atoms with Gasteiger partial charge in [0.1, 0.15) is 4.83 Å². The number of fused-ring (bicyclic) bond motifs is 5. The molecule has 0 radical (unpaired) electrons. The van der Waals surface area contributed by atoms with Crippen LogP contribution in [0.1, 0.15) is 78.0 Å². The van der Waals surface area contributed by atoms with Crippen LogP contribution in [0.3, 0.4) is 0 Å². The molecule has 0 aliphatic rings. The van der Waals surface area contributed by atoms with Gasteiger partial charge >= 0.3 is 0 Å². The Morgan fingerprint density at radius 1 is 1.02 bits per heavy atom. The molecule has 0 saturated heterocycles. The fraction of sp³-hybridized carbons (Fsp3) is 0.438. The van der Waals surface area contributed by atoms with Gasteiger partial charge in [-0.2, -0.15) is 0 Å². The molecule has 2 unspecified atom stereocenters. The third kappa shape index (κ3) is 6.18. The number of nitrogens with zero attached hydrogens (tertiary/aromatic N) is 5. The van der Waals surface area contributed by atoms with E-state index >= 15 is 0 Å². The molecule has 0 spiro atoms. The number of anilines is 1. The molecule has 0 saturated carbocycles. The molecule has 2 atom stereocenters. The molecule has 7 nitrogen and oxygen atoms in total. The van der Waals surface area contributed by atoms with Gasteiger partial charge in [0, 0.05) is 38.1 Å². The van der Waals surface area contributed by atoms with Crippen molar-refractivity contribution in [3.8, 4) is 0 Å². The van der Waals surface area contributed by atoms with Crippen molar-refractivity contribution < 1.29 is 0 Å². The van der Waals surface area contributed by atoms with E-state index < -0.39 is 0 Å². The Balaban J connectivity index is 0.00000181. The van der Waals surface area contributed by atoms with Gasteiger partial charge in [0.2, 0.25) is 0 Å². The van der Waals surface area contributed by atoms with E-state index in [9.17, 15) is 4.79 Å². The Bertz CT molecular complexity index is 1600. The quantitative estimate of drug-likeness (QED) is 0.182. The van der Waals surface area contributed by atoms with Crippen LogP contribution in [0.5, 0.6) is 0 Å². The lowest BCUT2D eigenvalue weighted by Gasteiger charge is -2.24. The van der Waals surface area contributed by atoms with Crippen LogP contribution in [-0.4, -0.2) is 32.7 Å². The van der Waals surface area contributed by atoms with Crippen LogP contribution in [0, 0.1) is 5.92 Å². The minimum atomic E-state index is -0.156. The van der Waals surface area contributed by atoms with Crippen molar-refractivity contribution in [3.63, 3.8) is 0 Å². The summed E-state index contributed by atoms with van der Waals surface area (Å²) in [6.45, 7) is 15.2. The van der Waals surface area contributed by atoms with Gasteiger partial charge in [-0.05, 0) is 61.6 Å². The summed E-state index contributed by atoms with van der Waals surface area (Å²) in [6.07, 6.45) is 6.83. The number of aromatic nitrogens is 4. The van der Waals surface area contributed by atoms with E-state index in [2.05, 4.69) is 69.6 Å². The molecule has 5 rings (SSSR count). The highest BCUT2D eigenvalue weighted by atomic mass is 32.1. The number of pyridine rings is 2. The monoisotopic (exact) mass is 558 g/mol. The lowest BCUT2D eigenvalue weighted by atomic mass is 10.0. The number of para-hydroxylation sites is 1. The molecule has 1 aromatic carbocycles. The number of benzene rings is 1. The van der Waals surface area contributed by atoms with Crippen LogP contribution in [0.2, 0.25) is 0 Å². The highest BCUT2D eigenvalue weighted by molar-refractivity contribution is 7.24. The topological polar surface area (TPSA) is 75.4 Å². The van der Waals surface area contributed by atoms with E-state index in [0.29, 0.717) is 23.5 Å². The number of rotatable bonds is 11. The molecule has 0 aliphatic heterocycles. The normalized spacial score (nSPS) is 12.8. The van der Waals surface area contributed by atoms with Gasteiger partial charge in [-0.25, -0.2) is 0 Å². The van der Waals surface area contributed by atoms with Gasteiger partial charge in [0.05, 0.1) is 21.2 Å². The summed E-state index contributed by atoms with van der Waals surface area (Å²) in [6, 6.07) is 14.0. The minimum Gasteiger partial charge on any atom is -0.355 e. The summed E-state index contributed by atoms with van der Waals surface area (Å²) in [5, 5.41) is 13.5. The largest absolute Gasteiger partial charge is 0.355 e. The maximum atomic E-state index is 14.2. The van der Waals surface area contributed by atoms with Gasteiger partial charge in [-0.15, -0.1) is 21.5 Å². The fourth-order valence-corrected chi connectivity index (χ4v) is 6.20. The van der Waals surface area contributed by atoms with Gasteiger partial charge < -0.3 is 10.2 Å². The predicted molar refractivity (Wildman–Crippen MR) is 170 cm³/mol. The van der Waals surface area contributed by atoms with Gasteiger partial charge in [0.15, 0.2) is 16.9 Å². The molecule has 0 aliphatic carbocycles. The maximum Gasteiger partial charge on any atom is 0.197 e. The Morgan fingerprint density at radius 3 is 2.50 bits per heavy atom. The first-order valence-electron chi connectivity index (χ1n) is 14.6. The Kier molecular flexibility index (Phi) is 10.2. The van der Waals surface area contributed by atoms with E-state index in [-0.39, 0.29) is 11.5 Å². The molecule has 8 heteroatoms. The number of hydrogen-bond donors (Lipinski definition) is 1. The Hall–Kier alpha value is -3.36. The summed E-state index contributed by atoms with van der Waals surface area (Å²) < 4.78 is 3.24. The minimum absolute atomic E-state index is 0.0239. The third-order valence-electron chi connectivity index (χ3n) is 7.41. The van der Waals surface area contributed by atoms with Crippen LogP contribution in [0.15, 0.2) is 59.7 Å². The van der Waals surface area contributed by atoms with Crippen molar-refractivity contribution in [1.29, 1.82) is 0 Å². The summed E-state index contributed by atoms with van der Waals surface area (Å²) in [7, 11) is 0. The first-order chi connectivity index (χ1) is 19.5. The summed E-state index contributed by atoms with van der Waals surface area (Å²) in [5.41, 5.74) is 3.59. The fourth-order valence-electron chi connectivity index (χ4n) is 4.92. The van der Waals surface area contributed by atoms with Crippen LogP contribution in [0.4, 0.5) is 5.82 Å². The molecule has 40 heavy (non-hydrogen) atoms. The molecule has 0 amide bonds. The van der Waals surface area contributed by atoms with E-state index in [0.717, 1.165) is 64.3 Å². The number of nitrogens with one attached hydrogen (secondary N) is 1. The zero-order valence-electron chi connectivity index (χ0n) is 24.6. The molecular formula is C32H42N6OS. The van der Waals surface area contributed by atoms with Gasteiger partial charge in [-0.1, -0.05) is 53.2 Å². The average molecular weight is 559 g/mol. The SMILES string of the molecule is CC.CCCN(CCC(C)CC)c1cc2c(=O)c(C(C)NCc3ccncc3)c3sc4ccccc4n3c2nn1. The molecule has 0 fully saturated rings. The van der Waals surface area contributed by atoms with Gasteiger partial charge in [0.25, 0.3) is 0 Å². The summed E-state index contributed by atoms with van der Waals surface area (Å²) >= 11 is 1.63. The van der Waals surface area contributed by atoms with E-state index in [1.807, 2.05) is 44.2 Å². The third-order valence-corrected chi connectivity index (χ3v) is 8.57. The second-order valence-corrected chi connectivity index (χ2v) is 11.2. The van der Waals surface area contributed by atoms with Gasteiger partial charge in [-0.3, -0.25) is 14.2 Å². The molecule has 212 valence electrons. The van der Waals surface area contributed by atoms with Crippen LogP contribution in [-0.2, 0) is 6.54 Å². The smallest absolute Gasteiger partial charge is 0.197 e. The van der Waals surface area contributed by atoms with Crippen LogP contribution in [0.25, 0.3) is 26.1 Å². The van der Waals surface area contributed by atoms with Crippen molar-refractivity contribution in [1.82, 2.24) is 24.9 Å². The Morgan fingerprint density at radius 2 is 1.77 bits per heavy atom. The predicted octanol–water partition coefficient (Wildman–Crippen LogP) is 7.38. The second-order valence-electron chi connectivity index (χ2n) is 10.1. The van der Waals surface area contributed by atoms with Crippen molar-refractivity contribution >= 4 is 43.2 Å². The Labute approximate surface area is 241 Å². The lowest BCUT2D eigenvalue weighted by molar-refractivity contribution is 0.508.